The van der Waals surface area contributed by atoms with Gasteiger partial charge in [-0.25, -0.2) is 4.79 Å². The molecule has 1 aromatic heterocycles. The van der Waals surface area contributed by atoms with Crippen LogP contribution < -0.4 is 10.6 Å². The SMILES string of the molecule is CNC(=O)C(C)(C)CNCc1cc(C(=O)O)oc1C. The van der Waals surface area contributed by atoms with E-state index < -0.39 is 11.4 Å². The summed E-state index contributed by atoms with van der Waals surface area (Å²) in [6.07, 6.45) is 0. The third-order valence-corrected chi connectivity index (χ3v) is 2.96. The molecular formula is C13H20N2O4. The summed E-state index contributed by atoms with van der Waals surface area (Å²) in [5.74, 6) is -0.627. The van der Waals surface area contributed by atoms with Crippen LogP contribution in [0.3, 0.4) is 0 Å². The van der Waals surface area contributed by atoms with Crippen molar-refractivity contribution in [3.8, 4) is 0 Å². The number of hydrogen-bond donors (Lipinski definition) is 3. The molecule has 0 atom stereocenters. The molecule has 0 unspecified atom stereocenters. The Morgan fingerprint density at radius 3 is 2.53 bits per heavy atom. The van der Waals surface area contributed by atoms with Crippen molar-refractivity contribution in [2.45, 2.75) is 27.3 Å². The van der Waals surface area contributed by atoms with E-state index >= 15 is 0 Å². The smallest absolute Gasteiger partial charge is 0.371 e. The van der Waals surface area contributed by atoms with Crippen molar-refractivity contribution >= 4 is 11.9 Å². The van der Waals surface area contributed by atoms with E-state index in [2.05, 4.69) is 10.6 Å². The second-order valence-electron chi connectivity index (χ2n) is 5.06. The van der Waals surface area contributed by atoms with Crippen LogP contribution in [0.25, 0.3) is 0 Å². The number of aryl methyl sites for hydroxylation is 1. The highest BCUT2D eigenvalue weighted by Gasteiger charge is 2.26. The zero-order chi connectivity index (χ0) is 14.6. The van der Waals surface area contributed by atoms with Crippen molar-refractivity contribution in [3.63, 3.8) is 0 Å². The van der Waals surface area contributed by atoms with Gasteiger partial charge < -0.3 is 20.2 Å². The fourth-order valence-corrected chi connectivity index (χ4v) is 1.73. The van der Waals surface area contributed by atoms with E-state index in [1.165, 1.54) is 6.07 Å². The number of carbonyl (C=O) groups excluding carboxylic acids is 1. The maximum absolute atomic E-state index is 11.6. The van der Waals surface area contributed by atoms with Crippen LogP contribution in [0.4, 0.5) is 0 Å². The van der Waals surface area contributed by atoms with Gasteiger partial charge in [-0.2, -0.15) is 0 Å². The van der Waals surface area contributed by atoms with Crippen molar-refractivity contribution in [2.24, 2.45) is 5.41 Å². The van der Waals surface area contributed by atoms with E-state index in [4.69, 9.17) is 9.52 Å². The molecule has 0 aliphatic carbocycles. The Morgan fingerprint density at radius 1 is 1.42 bits per heavy atom. The molecular weight excluding hydrogens is 248 g/mol. The van der Waals surface area contributed by atoms with Crippen molar-refractivity contribution < 1.29 is 19.1 Å². The Hall–Kier alpha value is -1.82. The molecule has 0 bridgehead atoms. The second kappa shape index (κ2) is 5.88. The van der Waals surface area contributed by atoms with E-state index in [1.54, 1.807) is 14.0 Å². The lowest BCUT2D eigenvalue weighted by atomic mass is 9.92. The third-order valence-electron chi connectivity index (χ3n) is 2.96. The molecule has 0 aromatic carbocycles. The van der Waals surface area contributed by atoms with Gasteiger partial charge in [-0.05, 0) is 26.8 Å². The lowest BCUT2D eigenvalue weighted by molar-refractivity contribution is -0.128. The maximum atomic E-state index is 11.6. The first-order valence-electron chi connectivity index (χ1n) is 6.03. The predicted molar refractivity (Wildman–Crippen MR) is 70.0 cm³/mol. The zero-order valence-corrected chi connectivity index (χ0v) is 11.7. The van der Waals surface area contributed by atoms with Crippen LogP contribution in [0, 0.1) is 12.3 Å². The van der Waals surface area contributed by atoms with Crippen molar-refractivity contribution in [1.82, 2.24) is 10.6 Å². The summed E-state index contributed by atoms with van der Waals surface area (Å²) >= 11 is 0. The molecule has 19 heavy (non-hydrogen) atoms. The Bertz CT molecular complexity index is 477. The van der Waals surface area contributed by atoms with E-state index in [-0.39, 0.29) is 11.7 Å². The maximum Gasteiger partial charge on any atom is 0.371 e. The Balaban J connectivity index is 2.58. The van der Waals surface area contributed by atoms with Crippen LogP contribution in [0.5, 0.6) is 0 Å². The van der Waals surface area contributed by atoms with Gasteiger partial charge in [-0.3, -0.25) is 4.79 Å². The highest BCUT2D eigenvalue weighted by molar-refractivity contribution is 5.84. The van der Waals surface area contributed by atoms with Gasteiger partial charge in [0, 0.05) is 25.7 Å². The Kier molecular flexibility index (Phi) is 4.72. The molecule has 0 radical (unpaired) electrons. The summed E-state index contributed by atoms with van der Waals surface area (Å²) in [7, 11) is 1.60. The van der Waals surface area contributed by atoms with Crippen LogP contribution in [-0.2, 0) is 11.3 Å². The van der Waals surface area contributed by atoms with Gasteiger partial charge in [-0.15, -0.1) is 0 Å². The first kappa shape index (κ1) is 15.2. The monoisotopic (exact) mass is 268 g/mol. The largest absolute Gasteiger partial charge is 0.475 e. The molecule has 6 heteroatoms. The normalized spacial score (nSPS) is 11.4. The fourth-order valence-electron chi connectivity index (χ4n) is 1.73. The number of rotatable bonds is 6. The van der Waals surface area contributed by atoms with Crippen LogP contribution in [-0.4, -0.2) is 30.6 Å². The van der Waals surface area contributed by atoms with Gasteiger partial charge in [0.1, 0.15) is 5.76 Å². The second-order valence-corrected chi connectivity index (χ2v) is 5.06. The number of carboxylic acids is 1. The molecule has 0 fully saturated rings. The predicted octanol–water partition coefficient (Wildman–Crippen LogP) is 1.15. The van der Waals surface area contributed by atoms with Gasteiger partial charge in [0.15, 0.2) is 0 Å². The van der Waals surface area contributed by atoms with Crippen LogP contribution in [0.2, 0.25) is 0 Å². The minimum Gasteiger partial charge on any atom is -0.475 e. The lowest BCUT2D eigenvalue weighted by Gasteiger charge is -2.22. The first-order chi connectivity index (χ1) is 8.77. The van der Waals surface area contributed by atoms with Gasteiger partial charge in [0.05, 0.1) is 5.41 Å². The van der Waals surface area contributed by atoms with Gasteiger partial charge >= 0.3 is 5.97 Å². The van der Waals surface area contributed by atoms with E-state index in [0.29, 0.717) is 18.8 Å². The molecule has 0 aliphatic rings. The first-order valence-corrected chi connectivity index (χ1v) is 6.03. The van der Waals surface area contributed by atoms with Crippen LogP contribution in [0.15, 0.2) is 10.5 Å². The number of aromatic carboxylic acids is 1. The van der Waals surface area contributed by atoms with Gasteiger partial charge in [0.2, 0.25) is 11.7 Å². The van der Waals surface area contributed by atoms with E-state index in [9.17, 15) is 9.59 Å². The summed E-state index contributed by atoms with van der Waals surface area (Å²) in [5.41, 5.74) is 0.257. The molecule has 0 saturated carbocycles. The van der Waals surface area contributed by atoms with Crippen LogP contribution >= 0.6 is 0 Å². The number of amides is 1. The number of carboxylic acid groups (broad SMARTS) is 1. The highest BCUT2D eigenvalue weighted by atomic mass is 16.4. The van der Waals surface area contributed by atoms with Crippen molar-refractivity contribution in [1.29, 1.82) is 0 Å². The minimum absolute atomic E-state index is 0.0462. The molecule has 106 valence electrons. The molecule has 1 aromatic rings. The summed E-state index contributed by atoms with van der Waals surface area (Å²) < 4.78 is 5.11. The average Bonchev–Trinajstić information content (AvgIpc) is 2.70. The zero-order valence-electron chi connectivity index (χ0n) is 11.7. The fraction of sp³-hybridized carbons (Fsp3) is 0.538. The lowest BCUT2D eigenvalue weighted by Crippen LogP contribution is -2.41. The molecule has 1 heterocycles. The number of hydrogen-bond acceptors (Lipinski definition) is 4. The minimum atomic E-state index is -1.08. The summed E-state index contributed by atoms with van der Waals surface area (Å²) in [6, 6.07) is 1.50. The number of nitrogens with one attached hydrogen (secondary N) is 2. The summed E-state index contributed by atoms with van der Waals surface area (Å²) in [5, 5.41) is 14.6. The molecule has 3 N–H and O–H groups in total. The summed E-state index contributed by atoms with van der Waals surface area (Å²) in [6.45, 7) is 6.34. The summed E-state index contributed by atoms with van der Waals surface area (Å²) in [4.78, 5) is 22.3. The average molecular weight is 268 g/mol. The quantitative estimate of drug-likeness (QED) is 0.720. The number of carbonyl (C=O) groups is 2. The molecule has 0 saturated heterocycles. The molecule has 1 amide bonds. The van der Waals surface area contributed by atoms with E-state index in [1.807, 2.05) is 13.8 Å². The molecule has 0 spiro atoms. The molecule has 0 aliphatic heterocycles. The van der Waals surface area contributed by atoms with Gasteiger partial charge in [0.25, 0.3) is 0 Å². The topological polar surface area (TPSA) is 91.6 Å². The Labute approximate surface area is 112 Å². The Morgan fingerprint density at radius 2 is 2.05 bits per heavy atom. The number of furan rings is 1. The highest BCUT2D eigenvalue weighted by Crippen LogP contribution is 2.16. The molecule has 6 nitrogen and oxygen atoms in total. The van der Waals surface area contributed by atoms with Crippen molar-refractivity contribution in [3.05, 3.63) is 23.2 Å². The van der Waals surface area contributed by atoms with Crippen LogP contribution in [0.1, 0.15) is 35.7 Å². The van der Waals surface area contributed by atoms with E-state index in [0.717, 1.165) is 5.56 Å². The standard InChI is InChI=1S/C13H20N2O4/c1-8-9(5-10(19-8)11(16)17)6-15-7-13(2,3)12(18)14-4/h5,15H,6-7H2,1-4H3,(H,14,18)(H,16,17). The van der Waals surface area contributed by atoms with Gasteiger partial charge in [-0.1, -0.05) is 0 Å². The third kappa shape index (κ3) is 3.82. The van der Waals surface area contributed by atoms with Crippen molar-refractivity contribution in [2.75, 3.05) is 13.6 Å². The molecule has 1 rings (SSSR count).